The van der Waals surface area contributed by atoms with Gasteiger partial charge in [0.25, 0.3) is 0 Å². The van der Waals surface area contributed by atoms with Gasteiger partial charge in [0.2, 0.25) is 0 Å². The van der Waals surface area contributed by atoms with Gasteiger partial charge in [0.1, 0.15) is 18.2 Å². The Morgan fingerprint density at radius 2 is 1.87 bits per heavy atom. The summed E-state index contributed by atoms with van der Waals surface area (Å²) < 4.78 is 10.9. The lowest BCUT2D eigenvalue weighted by atomic mass is 9.92. The van der Waals surface area contributed by atoms with Gasteiger partial charge >= 0.3 is 11.9 Å². The number of esters is 2. The first-order valence-electron chi connectivity index (χ1n) is 9.52. The fraction of sp³-hybridized carbons (Fsp3) is 0.304. The second kappa shape index (κ2) is 9.11. The molecule has 1 aliphatic heterocycles. The molecule has 1 unspecified atom stereocenters. The summed E-state index contributed by atoms with van der Waals surface area (Å²) in [5.41, 5.74) is 2.02. The van der Waals surface area contributed by atoms with Crippen molar-refractivity contribution in [3.8, 4) is 0 Å². The van der Waals surface area contributed by atoms with Gasteiger partial charge in [-0.15, -0.1) is 0 Å². The smallest absolute Gasteiger partial charge is 0.331 e. The zero-order chi connectivity index (χ0) is 21.9. The molecule has 1 heterocycles. The van der Waals surface area contributed by atoms with E-state index in [0.717, 1.165) is 5.56 Å². The van der Waals surface area contributed by atoms with Crippen molar-refractivity contribution in [2.45, 2.75) is 45.4 Å². The second-order valence-corrected chi connectivity index (χ2v) is 8.85. The lowest BCUT2D eigenvalue weighted by Gasteiger charge is -2.29. The van der Waals surface area contributed by atoms with Crippen LogP contribution < -0.4 is 5.32 Å². The number of fused-ring (bicyclic) bond motifs is 1. The molecule has 0 bridgehead atoms. The molecule has 5 nitrogen and oxygen atoms in total. The fourth-order valence-corrected chi connectivity index (χ4v) is 3.77. The van der Waals surface area contributed by atoms with Crippen molar-refractivity contribution in [2.24, 2.45) is 0 Å². The second-order valence-electron chi connectivity index (χ2n) is 8.01. The lowest BCUT2D eigenvalue weighted by molar-refractivity contribution is -0.149. The first kappa shape index (κ1) is 22.2. The van der Waals surface area contributed by atoms with Crippen molar-refractivity contribution >= 4 is 46.4 Å². The van der Waals surface area contributed by atoms with Gasteiger partial charge in [0.15, 0.2) is 0 Å². The normalized spacial score (nSPS) is 17.1. The molecule has 0 spiro atoms. The van der Waals surface area contributed by atoms with Crippen molar-refractivity contribution in [1.82, 2.24) is 0 Å². The van der Waals surface area contributed by atoms with Crippen molar-refractivity contribution in [3.63, 3.8) is 0 Å². The van der Waals surface area contributed by atoms with Crippen LogP contribution in [0.4, 0.5) is 5.69 Å². The first-order valence-corrected chi connectivity index (χ1v) is 10.3. The van der Waals surface area contributed by atoms with Gasteiger partial charge in [-0.25, -0.2) is 9.59 Å². The number of carbonyl (C=O) groups is 2. The average Bonchev–Trinajstić information content (AvgIpc) is 2.64. The molecule has 0 aromatic heterocycles. The van der Waals surface area contributed by atoms with Crippen LogP contribution in [0, 0.1) is 0 Å². The summed E-state index contributed by atoms with van der Waals surface area (Å²) in [7, 11) is 0. The third-order valence-corrected chi connectivity index (χ3v) is 4.85. The van der Waals surface area contributed by atoms with Gasteiger partial charge in [-0.05, 0) is 44.0 Å². The Balaban J connectivity index is 1.85. The van der Waals surface area contributed by atoms with E-state index in [2.05, 4.69) is 5.32 Å². The summed E-state index contributed by atoms with van der Waals surface area (Å²) in [6.07, 6.45) is 1.60. The van der Waals surface area contributed by atoms with Gasteiger partial charge in [-0.2, -0.15) is 0 Å². The molecule has 30 heavy (non-hydrogen) atoms. The topological polar surface area (TPSA) is 64.6 Å². The highest BCUT2D eigenvalue weighted by Gasteiger charge is 2.31. The number of hydrogen-bond donors (Lipinski definition) is 1. The molecule has 0 aliphatic carbocycles. The minimum atomic E-state index is -0.690. The van der Waals surface area contributed by atoms with E-state index in [1.807, 2.05) is 30.3 Å². The van der Waals surface area contributed by atoms with E-state index < -0.39 is 23.6 Å². The first-order chi connectivity index (χ1) is 14.1. The Morgan fingerprint density at radius 1 is 1.17 bits per heavy atom. The number of halogens is 2. The van der Waals surface area contributed by atoms with Crippen LogP contribution >= 0.6 is 23.2 Å². The van der Waals surface area contributed by atoms with Crippen LogP contribution in [0.25, 0.3) is 5.57 Å². The van der Waals surface area contributed by atoms with Crippen molar-refractivity contribution in [2.75, 3.05) is 5.32 Å². The van der Waals surface area contributed by atoms with Gasteiger partial charge < -0.3 is 14.8 Å². The molecule has 0 amide bonds. The number of ether oxygens (including phenoxy) is 2. The van der Waals surface area contributed by atoms with E-state index in [4.69, 9.17) is 32.7 Å². The minimum Gasteiger partial charge on any atom is -0.459 e. The van der Waals surface area contributed by atoms with Gasteiger partial charge in [0.05, 0.1) is 5.02 Å². The summed E-state index contributed by atoms with van der Waals surface area (Å²) in [5.74, 6) is -0.941. The van der Waals surface area contributed by atoms with Crippen LogP contribution in [-0.4, -0.2) is 23.6 Å². The molecule has 7 heteroatoms. The maximum Gasteiger partial charge on any atom is 0.331 e. The Labute approximate surface area is 186 Å². The Morgan fingerprint density at radius 3 is 2.53 bits per heavy atom. The highest BCUT2D eigenvalue weighted by molar-refractivity contribution is 6.36. The van der Waals surface area contributed by atoms with Crippen LogP contribution in [-0.2, 0) is 25.7 Å². The molecule has 0 radical (unpaired) electrons. The molecule has 0 saturated carbocycles. The van der Waals surface area contributed by atoms with Crippen molar-refractivity contribution in [3.05, 3.63) is 69.7 Å². The molecule has 0 saturated heterocycles. The SMILES string of the molecule is CC(C)(C)OC(=O)/C=C1\CC(C(=O)OCc2ccccc2)Nc2cc(Cl)cc(Cl)c21. The summed E-state index contributed by atoms with van der Waals surface area (Å²) in [6, 6.07) is 12.0. The van der Waals surface area contributed by atoms with E-state index in [1.54, 1.807) is 32.9 Å². The molecule has 158 valence electrons. The van der Waals surface area contributed by atoms with E-state index in [1.165, 1.54) is 6.08 Å². The number of carbonyl (C=O) groups excluding carboxylic acids is 2. The molecule has 2 aromatic carbocycles. The predicted octanol–water partition coefficient (Wildman–Crippen LogP) is 5.65. The Hall–Kier alpha value is -2.50. The summed E-state index contributed by atoms with van der Waals surface area (Å²) in [6.45, 7) is 5.52. The van der Waals surface area contributed by atoms with Crippen molar-refractivity contribution < 1.29 is 19.1 Å². The fourth-order valence-electron chi connectivity index (χ4n) is 3.15. The minimum absolute atomic E-state index is 0.159. The van der Waals surface area contributed by atoms with Crippen molar-refractivity contribution in [1.29, 1.82) is 0 Å². The predicted molar refractivity (Wildman–Crippen MR) is 119 cm³/mol. The Bertz CT molecular complexity index is 981. The molecule has 3 rings (SSSR count). The number of rotatable bonds is 4. The maximum atomic E-state index is 12.7. The van der Waals surface area contributed by atoms with Gasteiger partial charge in [-0.1, -0.05) is 53.5 Å². The molecule has 1 N–H and O–H groups in total. The lowest BCUT2D eigenvalue weighted by Crippen LogP contribution is -2.35. The quantitative estimate of drug-likeness (QED) is 0.484. The van der Waals surface area contributed by atoms with E-state index in [-0.39, 0.29) is 13.0 Å². The average molecular weight is 448 g/mol. The van der Waals surface area contributed by atoms with Gasteiger partial charge in [0, 0.05) is 28.8 Å². The monoisotopic (exact) mass is 447 g/mol. The Kier molecular flexibility index (Phi) is 6.74. The van der Waals surface area contributed by atoms with Crippen LogP contribution in [0.1, 0.15) is 38.3 Å². The van der Waals surface area contributed by atoms with E-state index in [0.29, 0.717) is 26.9 Å². The largest absolute Gasteiger partial charge is 0.459 e. The maximum absolute atomic E-state index is 12.7. The summed E-state index contributed by atoms with van der Waals surface area (Å²) in [5, 5.41) is 3.93. The number of nitrogens with one attached hydrogen (secondary N) is 1. The standard InChI is InChI=1S/C23H23Cl2NO4/c1-23(2,3)30-20(27)10-15-9-19(22(28)29-13-14-7-5-4-6-8-14)26-18-12-16(24)11-17(25)21(15)18/h4-8,10-12,19,26H,9,13H2,1-3H3/b15-10+. The van der Waals surface area contributed by atoms with Crippen LogP contribution in [0.5, 0.6) is 0 Å². The number of benzene rings is 2. The number of anilines is 1. The molecular weight excluding hydrogens is 425 g/mol. The summed E-state index contributed by atoms with van der Waals surface area (Å²) >= 11 is 12.5. The summed E-state index contributed by atoms with van der Waals surface area (Å²) in [4.78, 5) is 25.1. The van der Waals surface area contributed by atoms with Crippen LogP contribution in [0.3, 0.4) is 0 Å². The highest BCUT2D eigenvalue weighted by atomic mass is 35.5. The van der Waals surface area contributed by atoms with Crippen LogP contribution in [0.15, 0.2) is 48.5 Å². The zero-order valence-corrected chi connectivity index (χ0v) is 18.5. The van der Waals surface area contributed by atoms with E-state index in [9.17, 15) is 9.59 Å². The zero-order valence-electron chi connectivity index (χ0n) is 17.0. The molecule has 1 atom stereocenters. The van der Waals surface area contributed by atoms with E-state index >= 15 is 0 Å². The third kappa shape index (κ3) is 5.77. The third-order valence-electron chi connectivity index (χ3n) is 4.34. The molecular formula is C23H23Cl2NO4. The molecule has 2 aromatic rings. The molecule has 1 aliphatic rings. The molecule has 0 fully saturated rings. The van der Waals surface area contributed by atoms with Gasteiger partial charge in [-0.3, -0.25) is 0 Å². The highest BCUT2D eigenvalue weighted by Crippen LogP contribution is 2.40. The number of hydrogen-bond acceptors (Lipinski definition) is 5. The van der Waals surface area contributed by atoms with Crippen LogP contribution in [0.2, 0.25) is 10.0 Å².